The van der Waals surface area contributed by atoms with Crippen LogP contribution in [0.2, 0.25) is 0 Å². The molecular weight excluding hydrogens is 334 g/mol. The van der Waals surface area contributed by atoms with Gasteiger partial charge in [-0.2, -0.15) is 0 Å². The van der Waals surface area contributed by atoms with Crippen LogP contribution in [0.4, 0.5) is 5.69 Å². The minimum atomic E-state index is -0.526. The Morgan fingerprint density at radius 2 is 1.92 bits per heavy atom. The Morgan fingerprint density at radius 1 is 1.16 bits per heavy atom. The highest BCUT2D eigenvalue weighted by Gasteiger charge is 2.12. The molecule has 9 nitrogen and oxygen atoms in total. The van der Waals surface area contributed by atoms with Gasteiger partial charge in [0.15, 0.2) is 0 Å². The fraction of sp³-hybridized carbons (Fsp3) is 0.312. The molecule has 0 N–H and O–H groups in total. The molecule has 0 radical (unpaired) electrons. The van der Waals surface area contributed by atoms with Gasteiger partial charge in [0.1, 0.15) is 36.7 Å². The van der Waals surface area contributed by atoms with Gasteiger partial charge >= 0.3 is 5.97 Å². The molecule has 0 aliphatic carbocycles. The minimum absolute atomic E-state index is 0.124. The molecule has 0 atom stereocenters. The second-order valence-corrected chi connectivity index (χ2v) is 4.82. The topological polar surface area (TPSA) is 110 Å². The number of nitro benzene ring substituents is 1. The van der Waals surface area contributed by atoms with Crippen molar-refractivity contribution in [3.8, 4) is 11.5 Å². The molecule has 134 valence electrons. The number of carbonyl (C=O) groups is 1. The van der Waals surface area contributed by atoms with Gasteiger partial charge in [-0.3, -0.25) is 10.1 Å². The Bertz CT molecular complexity index is 739. The number of furan rings is 1. The molecule has 0 fully saturated rings. The maximum Gasteiger partial charge on any atom is 0.341 e. The van der Waals surface area contributed by atoms with Gasteiger partial charge in [0, 0.05) is 6.07 Å². The Hall–Kier alpha value is -3.07. The van der Waals surface area contributed by atoms with Crippen LogP contribution in [0.1, 0.15) is 16.1 Å². The van der Waals surface area contributed by atoms with E-state index in [4.69, 9.17) is 18.6 Å². The fourth-order valence-corrected chi connectivity index (χ4v) is 1.94. The zero-order valence-corrected chi connectivity index (χ0v) is 13.7. The van der Waals surface area contributed by atoms with Gasteiger partial charge in [0.05, 0.1) is 43.4 Å². The molecule has 0 amide bonds. The van der Waals surface area contributed by atoms with E-state index in [1.165, 1.54) is 38.7 Å². The predicted molar refractivity (Wildman–Crippen MR) is 84.8 cm³/mol. The Kier molecular flexibility index (Phi) is 6.35. The van der Waals surface area contributed by atoms with E-state index in [2.05, 4.69) is 4.74 Å². The number of non-ortho nitro benzene ring substituents is 1. The van der Waals surface area contributed by atoms with Crippen molar-refractivity contribution in [2.24, 2.45) is 0 Å². The molecule has 0 unspecified atom stereocenters. The largest absolute Gasteiger partial charge is 0.496 e. The third kappa shape index (κ3) is 5.21. The third-order valence-corrected chi connectivity index (χ3v) is 3.13. The van der Waals surface area contributed by atoms with E-state index in [0.717, 1.165) is 0 Å². The quantitative estimate of drug-likeness (QED) is 0.293. The van der Waals surface area contributed by atoms with E-state index in [1.54, 1.807) is 6.07 Å². The summed E-state index contributed by atoms with van der Waals surface area (Å²) in [6.45, 7) is 0.548. The fourth-order valence-electron chi connectivity index (χ4n) is 1.94. The number of methoxy groups -OCH3 is 2. The Morgan fingerprint density at radius 3 is 2.60 bits per heavy atom. The molecule has 0 saturated heterocycles. The second-order valence-electron chi connectivity index (χ2n) is 4.82. The summed E-state index contributed by atoms with van der Waals surface area (Å²) in [5, 5.41) is 10.9. The molecule has 9 heteroatoms. The predicted octanol–water partition coefficient (Wildman–Crippen LogP) is 2.58. The summed E-state index contributed by atoms with van der Waals surface area (Å²) in [4.78, 5) is 21.6. The lowest BCUT2D eigenvalue weighted by Gasteiger charge is -2.08. The molecule has 1 aromatic carbocycles. The van der Waals surface area contributed by atoms with E-state index >= 15 is 0 Å². The molecule has 1 aromatic heterocycles. The first-order valence-corrected chi connectivity index (χ1v) is 7.23. The van der Waals surface area contributed by atoms with Crippen LogP contribution in [0.3, 0.4) is 0 Å². The van der Waals surface area contributed by atoms with Gasteiger partial charge in [0.2, 0.25) is 0 Å². The molecule has 0 saturated carbocycles. The average molecular weight is 351 g/mol. The number of hydrogen-bond acceptors (Lipinski definition) is 8. The molecule has 0 aliphatic rings. The summed E-state index contributed by atoms with van der Waals surface area (Å²) < 4.78 is 25.5. The maximum atomic E-state index is 11.3. The van der Waals surface area contributed by atoms with Gasteiger partial charge in [-0.15, -0.1) is 0 Å². The minimum Gasteiger partial charge on any atom is -0.496 e. The molecule has 25 heavy (non-hydrogen) atoms. The normalized spacial score (nSPS) is 10.3. The lowest BCUT2D eigenvalue weighted by atomic mass is 10.3. The molecule has 0 bridgehead atoms. The second kappa shape index (κ2) is 8.69. The van der Waals surface area contributed by atoms with E-state index in [0.29, 0.717) is 22.8 Å². The van der Waals surface area contributed by atoms with Crippen molar-refractivity contribution >= 4 is 11.7 Å². The van der Waals surface area contributed by atoms with Crippen molar-refractivity contribution in [3.05, 3.63) is 52.0 Å². The van der Waals surface area contributed by atoms with E-state index < -0.39 is 10.9 Å². The van der Waals surface area contributed by atoms with Crippen LogP contribution in [0.25, 0.3) is 0 Å². The van der Waals surface area contributed by atoms with Crippen LogP contribution in [-0.4, -0.2) is 38.3 Å². The van der Waals surface area contributed by atoms with Gasteiger partial charge < -0.3 is 23.4 Å². The number of carbonyl (C=O) groups excluding carboxylic acids is 1. The van der Waals surface area contributed by atoms with Crippen LogP contribution >= 0.6 is 0 Å². The van der Waals surface area contributed by atoms with Gasteiger partial charge in [0.25, 0.3) is 5.69 Å². The van der Waals surface area contributed by atoms with Crippen LogP contribution < -0.4 is 9.47 Å². The summed E-state index contributed by atoms with van der Waals surface area (Å²) in [7, 11) is 2.70. The Labute approximate surface area is 143 Å². The molecule has 0 spiro atoms. The van der Waals surface area contributed by atoms with Crippen molar-refractivity contribution in [1.82, 2.24) is 0 Å². The van der Waals surface area contributed by atoms with E-state index in [1.807, 2.05) is 0 Å². The first-order chi connectivity index (χ1) is 12.0. The first-order valence-electron chi connectivity index (χ1n) is 7.23. The van der Waals surface area contributed by atoms with Gasteiger partial charge in [-0.05, 0) is 6.07 Å². The maximum absolute atomic E-state index is 11.3. The van der Waals surface area contributed by atoms with Crippen molar-refractivity contribution in [2.75, 3.05) is 27.4 Å². The van der Waals surface area contributed by atoms with Crippen LogP contribution in [0.5, 0.6) is 11.5 Å². The number of nitrogens with zero attached hydrogens (tertiary/aromatic N) is 1. The molecule has 1 heterocycles. The van der Waals surface area contributed by atoms with Crippen molar-refractivity contribution in [1.29, 1.82) is 0 Å². The summed E-state index contributed by atoms with van der Waals surface area (Å²) in [5.41, 5.74) is 0.183. The van der Waals surface area contributed by atoms with E-state index in [-0.39, 0.29) is 25.5 Å². The first kappa shape index (κ1) is 18.3. The highest BCUT2D eigenvalue weighted by molar-refractivity contribution is 5.88. The SMILES string of the molecule is COC(=O)c1coc(COCCOc2cc(OC)cc([N+](=O)[O-])c2)c1. The number of hydrogen-bond donors (Lipinski definition) is 0. The molecular formula is C16H17NO8. The molecule has 2 aromatic rings. The monoisotopic (exact) mass is 351 g/mol. The number of benzene rings is 1. The highest BCUT2D eigenvalue weighted by atomic mass is 16.6. The number of esters is 1. The zero-order chi connectivity index (χ0) is 18.2. The summed E-state index contributed by atoms with van der Waals surface area (Å²) in [5.74, 6) is 0.618. The highest BCUT2D eigenvalue weighted by Crippen LogP contribution is 2.27. The third-order valence-electron chi connectivity index (χ3n) is 3.13. The summed E-state index contributed by atoms with van der Waals surface area (Å²) in [6.07, 6.45) is 1.29. The summed E-state index contributed by atoms with van der Waals surface area (Å²) >= 11 is 0. The average Bonchev–Trinajstić information content (AvgIpc) is 3.09. The number of rotatable bonds is 9. The summed E-state index contributed by atoms with van der Waals surface area (Å²) in [6, 6.07) is 5.68. The van der Waals surface area contributed by atoms with Gasteiger partial charge in [-0.1, -0.05) is 0 Å². The van der Waals surface area contributed by atoms with Crippen molar-refractivity contribution < 1.29 is 33.1 Å². The number of ether oxygens (including phenoxy) is 4. The van der Waals surface area contributed by atoms with Gasteiger partial charge in [-0.25, -0.2) is 4.79 Å². The van der Waals surface area contributed by atoms with Crippen molar-refractivity contribution in [3.63, 3.8) is 0 Å². The van der Waals surface area contributed by atoms with E-state index in [9.17, 15) is 14.9 Å². The molecule has 0 aliphatic heterocycles. The van der Waals surface area contributed by atoms with Crippen LogP contribution in [0, 0.1) is 10.1 Å². The van der Waals surface area contributed by atoms with Crippen LogP contribution in [-0.2, 0) is 16.1 Å². The Balaban J connectivity index is 1.79. The standard InChI is InChI=1S/C16H17NO8/c1-21-13-6-12(17(19)20)7-14(8-13)24-4-3-23-10-15-5-11(9-25-15)16(18)22-2/h5-9H,3-4,10H2,1-2H3. The number of nitro groups is 1. The van der Waals surface area contributed by atoms with Crippen LogP contribution in [0.15, 0.2) is 34.9 Å². The molecule has 2 rings (SSSR count). The lowest BCUT2D eigenvalue weighted by molar-refractivity contribution is -0.385. The zero-order valence-electron chi connectivity index (χ0n) is 13.7. The lowest BCUT2D eigenvalue weighted by Crippen LogP contribution is -2.07. The van der Waals surface area contributed by atoms with Crippen molar-refractivity contribution in [2.45, 2.75) is 6.61 Å². The smallest absolute Gasteiger partial charge is 0.341 e.